The molecule has 6 heteroatoms. The van der Waals surface area contributed by atoms with E-state index >= 15 is 0 Å². The summed E-state index contributed by atoms with van der Waals surface area (Å²) in [6.07, 6.45) is -4.24. The molecule has 0 radical (unpaired) electrons. The van der Waals surface area contributed by atoms with Crippen LogP contribution >= 0.6 is 0 Å². The zero-order chi connectivity index (χ0) is 15.2. The molecule has 1 aliphatic rings. The van der Waals surface area contributed by atoms with Gasteiger partial charge in [-0.25, -0.2) is 8.78 Å². The Morgan fingerprint density at radius 1 is 1.00 bits per heavy atom. The SMILES string of the molecule is Fc1ccc(F)c(C2Cc3cc(C(F)(F)F)ccc3N2)c1. The molecule has 21 heavy (non-hydrogen) atoms. The molecule has 0 saturated carbocycles. The highest BCUT2D eigenvalue weighted by atomic mass is 19.4. The summed E-state index contributed by atoms with van der Waals surface area (Å²) in [6, 6.07) is 5.83. The van der Waals surface area contributed by atoms with Gasteiger partial charge in [0, 0.05) is 11.3 Å². The van der Waals surface area contributed by atoms with Crippen LogP contribution in [0.1, 0.15) is 22.7 Å². The predicted octanol–water partition coefficient (Wildman–Crippen LogP) is 4.69. The fourth-order valence-electron chi connectivity index (χ4n) is 2.51. The monoisotopic (exact) mass is 299 g/mol. The van der Waals surface area contributed by atoms with Gasteiger partial charge in [0.25, 0.3) is 0 Å². The first kappa shape index (κ1) is 13.9. The third-order valence-corrected chi connectivity index (χ3v) is 3.52. The smallest absolute Gasteiger partial charge is 0.378 e. The summed E-state index contributed by atoms with van der Waals surface area (Å²) in [7, 11) is 0. The molecule has 1 unspecified atom stereocenters. The third kappa shape index (κ3) is 2.57. The Labute approximate surface area is 117 Å². The molecule has 0 bridgehead atoms. The van der Waals surface area contributed by atoms with Crippen LogP contribution in [0.25, 0.3) is 0 Å². The van der Waals surface area contributed by atoms with E-state index in [2.05, 4.69) is 5.32 Å². The number of hydrogen-bond donors (Lipinski definition) is 1. The summed E-state index contributed by atoms with van der Waals surface area (Å²) < 4.78 is 64.9. The van der Waals surface area contributed by atoms with Crippen molar-refractivity contribution >= 4 is 5.69 Å². The molecular weight excluding hydrogens is 289 g/mol. The van der Waals surface area contributed by atoms with E-state index in [-0.39, 0.29) is 12.0 Å². The van der Waals surface area contributed by atoms with Gasteiger partial charge in [0.1, 0.15) is 11.6 Å². The molecule has 1 atom stereocenters. The van der Waals surface area contributed by atoms with E-state index in [0.717, 1.165) is 30.3 Å². The number of fused-ring (bicyclic) bond motifs is 1. The van der Waals surface area contributed by atoms with Crippen molar-refractivity contribution in [3.8, 4) is 0 Å². The summed E-state index contributed by atoms with van der Waals surface area (Å²) in [6.45, 7) is 0. The van der Waals surface area contributed by atoms with Gasteiger partial charge in [0.05, 0.1) is 11.6 Å². The van der Waals surface area contributed by atoms with Gasteiger partial charge in [0.2, 0.25) is 0 Å². The minimum Gasteiger partial charge on any atom is -0.378 e. The molecular formula is C15H10F5N. The van der Waals surface area contributed by atoms with Crippen LogP contribution in [0.5, 0.6) is 0 Å². The van der Waals surface area contributed by atoms with Gasteiger partial charge in [-0.2, -0.15) is 13.2 Å². The first-order valence-electron chi connectivity index (χ1n) is 6.26. The van der Waals surface area contributed by atoms with Crippen LogP contribution in [0.2, 0.25) is 0 Å². The van der Waals surface area contributed by atoms with Crippen LogP contribution < -0.4 is 5.32 Å². The Morgan fingerprint density at radius 2 is 1.76 bits per heavy atom. The lowest BCUT2D eigenvalue weighted by Gasteiger charge is -2.12. The molecule has 3 rings (SSSR count). The average molecular weight is 299 g/mol. The lowest BCUT2D eigenvalue weighted by Crippen LogP contribution is -2.08. The van der Waals surface area contributed by atoms with Crippen molar-refractivity contribution in [3.05, 3.63) is 64.7 Å². The average Bonchev–Trinajstić information content (AvgIpc) is 2.83. The van der Waals surface area contributed by atoms with E-state index in [4.69, 9.17) is 0 Å². The second-order valence-electron chi connectivity index (χ2n) is 4.94. The van der Waals surface area contributed by atoms with Crippen LogP contribution in [-0.2, 0) is 12.6 Å². The van der Waals surface area contributed by atoms with Crippen molar-refractivity contribution < 1.29 is 22.0 Å². The molecule has 1 N–H and O–H groups in total. The zero-order valence-electron chi connectivity index (χ0n) is 10.6. The number of anilines is 1. The van der Waals surface area contributed by atoms with Crippen molar-refractivity contribution in [2.75, 3.05) is 5.32 Å². The van der Waals surface area contributed by atoms with Crippen molar-refractivity contribution in [2.45, 2.75) is 18.6 Å². The van der Waals surface area contributed by atoms with E-state index < -0.39 is 29.4 Å². The molecule has 1 aliphatic heterocycles. The molecule has 2 aromatic rings. The molecule has 1 heterocycles. The Morgan fingerprint density at radius 3 is 2.48 bits per heavy atom. The summed E-state index contributed by atoms with van der Waals surface area (Å²) in [5.41, 5.74) is 0.318. The number of halogens is 5. The van der Waals surface area contributed by atoms with Crippen molar-refractivity contribution in [1.29, 1.82) is 0 Å². The summed E-state index contributed by atoms with van der Waals surface area (Å²) >= 11 is 0. The predicted molar refractivity (Wildman–Crippen MR) is 67.9 cm³/mol. The highest BCUT2D eigenvalue weighted by Crippen LogP contribution is 2.39. The Bertz CT molecular complexity index is 693. The van der Waals surface area contributed by atoms with Crippen LogP contribution in [0.3, 0.4) is 0 Å². The molecule has 0 aromatic heterocycles. The Kier molecular flexibility index (Phi) is 3.11. The molecule has 110 valence electrons. The maximum Gasteiger partial charge on any atom is 0.416 e. The zero-order valence-corrected chi connectivity index (χ0v) is 10.6. The highest BCUT2D eigenvalue weighted by molar-refractivity contribution is 5.59. The first-order chi connectivity index (χ1) is 9.84. The Balaban J connectivity index is 1.93. The van der Waals surface area contributed by atoms with Crippen LogP contribution in [0, 0.1) is 11.6 Å². The number of hydrogen-bond acceptors (Lipinski definition) is 1. The number of alkyl halides is 3. The van der Waals surface area contributed by atoms with Crippen molar-refractivity contribution in [1.82, 2.24) is 0 Å². The molecule has 2 aromatic carbocycles. The van der Waals surface area contributed by atoms with Gasteiger partial charge in [-0.1, -0.05) is 0 Å². The highest BCUT2D eigenvalue weighted by Gasteiger charge is 2.33. The maximum absolute atomic E-state index is 13.7. The first-order valence-corrected chi connectivity index (χ1v) is 6.26. The van der Waals surface area contributed by atoms with E-state index in [9.17, 15) is 22.0 Å². The fourth-order valence-corrected chi connectivity index (χ4v) is 2.51. The summed E-state index contributed by atoms with van der Waals surface area (Å²) in [5.74, 6) is -1.17. The standard InChI is InChI=1S/C15H10F5N/c16-10-2-3-12(17)11(7-10)14-6-8-5-9(15(18,19)20)1-4-13(8)21-14/h1-5,7,14,21H,6H2. The van der Waals surface area contributed by atoms with Gasteiger partial charge in [-0.05, 0) is 48.4 Å². The molecule has 0 saturated heterocycles. The van der Waals surface area contributed by atoms with E-state index in [1.807, 2.05) is 0 Å². The molecule has 1 nitrogen and oxygen atoms in total. The van der Waals surface area contributed by atoms with Crippen LogP contribution in [0.4, 0.5) is 27.6 Å². The van der Waals surface area contributed by atoms with Crippen LogP contribution in [0.15, 0.2) is 36.4 Å². The second kappa shape index (κ2) is 4.72. The van der Waals surface area contributed by atoms with Gasteiger partial charge in [-0.15, -0.1) is 0 Å². The minimum atomic E-state index is -4.42. The largest absolute Gasteiger partial charge is 0.416 e. The van der Waals surface area contributed by atoms with E-state index in [1.54, 1.807) is 0 Å². The topological polar surface area (TPSA) is 12.0 Å². The van der Waals surface area contributed by atoms with Crippen molar-refractivity contribution in [3.63, 3.8) is 0 Å². The van der Waals surface area contributed by atoms with Gasteiger partial charge in [-0.3, -0.25) is 0 Å². The molecule has 0 spiro atoms. The summed E-state index contributed by atoms with van der Waals surface area (Å²) in [5, 5.41) is 2.92. The number of rotatable bonds is 1. The van der Waals surface area contributed by atoms with E-state index in [1.165, 1.54) is 6.07 Å². The lowest BCUT2D eigenvalue weighted by molar-refractivity contribution is -0.137. The van der Waals surface area contributed by atoms with Crippen LogP contribution in [-0.4, -0.2) is 0 Å². The number of nitrogens with one attached hydrogen (secondary N) is 1. The fraction of sp³-hybridized carbons (Fsp3) is 0.200. The Hall–Kier alpha value is -2.11. The third-order valence-electron chi connectivity index (χ3n) is 3.52. The normalized spacial score (nSPS) is 17.5. The number of benzene rings is 2. The molecule has 0 amide bonds. The molecule has 0 fully saturated rings. The van der Waals surface area contributed by atoms with Gasteiger partial charge in [0.15, 0.2) is 0 Å². The van der Waals surface area contributed by atoms with Crippen molar-refractivity contribution in [2.24, 2.45) is 0 Å². The summed E-state index contributed by atoms with van der Waals surface area (Å²) in [4.78, 5) is 0. The lowest BCUT2D eigenvalue weighted by atomic mass is 10.0. The van der Waals surface area contributed by atoms with Gasteiger partial charge < -0.3 is 5.32 Å². The molecule has 0 aliphatic carbocycles. The quantitative estimate of drug-likeness (QED) is 0.753. The van der Waals surface area contributed by atoms with Gasteiger partial charge >= 0.3 is 6.18 Å². The minimum absolute atomic E-state index is 0.111. The maximum atomic E-state index is 13.7. The second-order valence-corrected chi connectivity index (χ2v) is 4.94. The van der Waals surface area contributed by atoms with E-state index in [0.29, 0.717) is 11.3 Å².